The van der Waals surface area contributed by atoms with Gasteiger partial charge in [-0.3, -0.25) is 9.80 Å². The quantitative estimate of drug-likeness (QED) is 0.386. The molecule has 4 aromatic rings. The van der Waals surface area contributed by atoms with Gasteiger partial charge in [-0.2, -0.15) is 5.10 Å². The zero-order valence-electron chi connectivity index (χ0n) is 23.4. The van der Waals surface area contributed by atoms with Crippen LogP contribution in [0.2, 0.25) is 0 Å². The maximum atomic E-state index is 12.7. The van der Waals surface area contributed by atoms with Gasteiger partial charge >= 0.3 is 6.09 Å². The van der Waals surface area contributed by atoms with Gasteiger partial charge < -0.3 is 15.4 Å². The molecule has 3 fully saturated rings. The number of rotatable bonds is 5. The number of carbonyl (C=O) groups excluding carboxylic acids is 1. The molecule has 2 aromatic heterocycles. The number of cyclic esters (lactones) is 1. The molecular weight excluding hydrogens is 516 g/mol. The lowest BCUT2D eigenvalue weighted by Crippen LogP contribution is -2.49. The molecular formula is C31H36N8O2. The highest BCUT2D eigenvalue weighted by molar-refractivity contribution is 5.98. The van der Waals surface area contributed by atoms with E-state index in [1.807, 2.05) is 54.6 Å². The van der Waals surface area contributed by atoms with E-state index >= 15 is 0 Å². The van der Waals surface area contributed by atoms with Gasteiger partial charge in [0.1, 0.15) is 23.9 Å². The molecule has 1 unspecified atom stereocenters. The van der Waals surface area contributed by atoms with Crippen LogP contribution in [0.15, 0.2) is 60.9 Å². The summed E-state index contributed by atoms with van der Waals surface area (Å²) in [4.78, 5) is 28.4. The summed E-state index contributed by atoms with van der Waals surface area (Å²) in [7, 11) is 2.21. The SMILES string of the molecule is CN1CCN(C2CCC(n3nc(-c4ccc(N5CC(c6ccccc6)OC5=O)cc4)c4c(N)ncnc43)CC2)CC1. The summed E-state index contributed by atoms with van der Waals surface area (Å²) in [5, 5.41) is 5.88. The fourth-order valence-electron chi connectivity index (χ4n) is 6.62. The molecule has 0 radical (unpaired) electrons. The topological polar surface area (TPSA) is 106 Å². The zero-order chi connectivity index (χ0) is 27.9. The fraction of sp³-hybridized carbons (Fsp3) is 0.419. The Morgan fingerprint density at radius 3 is 2.32 bits per heavy atom. The minimum atomic E-state index is -0.342. The minimum Gasteiger partial charge on any atom is -0.439 e. The Morgan fingerprint density at radius 1 is 0.878 bits per heavy atom. The Labute approximate surface area is 239 Å². The van der Waals surface area contributed by atoms with E-state index in [1.165, 1.54) is 6.33 Å². The Balaban J connectivity index is 1.11. The van der Waals surface area contributed by atoms with Crippen LogP contribution in [0.1, 0.15) is 43.4 Å². The lowest BCUT2D eigenvalue weighted by atomic mass is 9.90. The summed E-state index contributed by atoms with van der Waals surface area (Å²) in [6, 6.07) is 18.6. The Bertz CT molecular complexity index is 1520. The number of fused-ring (bicyclic) bond motifs is 1. The van der Waals surface area contributed by atoms with Crippen molar-refractivity contribution in [3.8, 4) is 11.3 Å². The Hall–Kier alpha value is -4.02. The van der Waals surface area contributed by atoms with Crippen LogP contribution in [0.25, 0.3) is 22.3 Å². The summed E-state index contributed by atoms with van der Waals surface area (Å²) in [5.74, 6) is 0.431. The molecule has 1 aliphatic carbocycles. The van der Waals surface area contributed by atoms with E-state index in [-0.39, 0.29) is 18.2 Å². The predicted molar refractivity (Wildman–Crippen MR) is 159 cm³/mol. The third-order valence-electron chi connectivity index (χ3n) is 9.02. The lowest BCUT2D eigenvalue weighted by molar-refractivity contribution is 0.0815. The zero-order valence-corrected chi connectivity index (χ0v) is 23.4. The first-order chi connectivity index (χ1) is 20.0. The Morgan fingerprint density at radius 2 is 1.59 bits per heavy atom. The fourth-order valence-corrected chi connectivity index (χ4v) is 6.62. The van der Waals surface area contributed by atoms with Crippen molar-refractivity contribution in [3.63, 3.8) is 0 Å². The van der Waals surface area contributed by atoms with E-state index in [0.29, 0.717) is 18.4 Å². The van der Waals surface area contributed by atoms with Gasteiger partial charge in [0.2, 0.25) is 0 Å². The third-order valence-corrected chi connectivity index (χ3v) is 9.02. The van der Waals surface area contributed by atoms with E-state index in [0.717, 1.165) is 85.4 Å². The van der Waals surface area contributed by atoms with Crippen molar-refractivity contribution < 1.29 is 9.53 Å². The molecule has 41 heavy (non-hydrogen) atoms. The number of amides is 1. The van der Waals surface area contributed by atoms with Crippen molar-refractivity contribution in [2.24, 2.45) is 0 Å². The van der Waals surface area contributed by atoms with Crippen LogP contribution in [0.3, 0.4) is 0 Å². The summed E-state index contributed by atoms with van der Waals surface area (Å²) >= 11 is 0. The number of likely N-dealkylation sites (N-methyl/N-ethyl adjacent to an activating group) is 1. The number of benzene rings is 2. The second-order valence-electron chi connectivity index (χ2n) is 11.5. The average Bonchev–Trinajstić information content (AvgIpc) is 3.60. The number of ether oxygens (including phenoxy) is 1. The van der Waals surface area contributed by atoms with Crippen LogP contribution < -0.4 is 10.6 Å². The molecule has 0 bridgehead atoms. The number of carbonyl (C=O) groups is 1. The standard InChI is InChI=1S/C31H36N8O2/c1-36-15-17-37(18-16-36)23-11-13-25(14-12-23)39-30-27(29(32)33-20-34-30)28(35-39)22-7-9-24(10-8-22)38-19-26(41-31(38)40)21-5-3-2-4-6-21/h2-10,20,23,25-26H,11-19H2,1H3,(H2,32,33,34). The van der Waals surface area contributed by atoms with Crippen molar-refractivity contribution in [1.82, 2.24) is 29.5 Å². The molecule has 3 aliphatic rings. The van der Waals surface area contributed by atoms with Crippen molar-refractivity contribution in [3.05, 3.63) is 66.5 Å². The van der Waals surface area contributed by atoms with Gasteiger partial charge in [-0.1, -0.05) is 42.5 Å². The average molecular weight is 553 g/mol. The molecule has 10 heteroatoms. The lowest BCUT2D eigenvalue weighted by Gasteiger charge is -2.41. The Kier molecular flexibility index (Phi) is 6.80. The summed E-state index contributed by atoms with van der Waals surface area (Å²) in [5.41, 5.74) is 10.7. The largest absolute Gasteiger partial charge is 0.439 e. The van der Waals surface area contributed by atoms with E-state index in [1.54, 1.807) is 4.90 Å². The second-order valence-corrected chi connectivity index (χ2v) is 11.5. The van der Waals surface area contributed by atoms with Crippen molar-refractivity contribution in [2.75, 3.05) is 50.4 Å². The molecule has 212 valence electrons. The van der Waals surface area contributed by atoms with Gasteiger partial charge in [-0.15, -0.1) is 0 Å². The molecule has 2 aliphatic heterocycles. The highest BCUT2D eigenvalue weighted by Crippen LogP contribution is 2.38. The number of hydrogen-bond acceptors (Lipinski definition) is 8. The van der Waals surface area contributed by atoms with Gasteiger partial charge in [0, 0.05) is 43.5 Å². The van der Waals surface area contributed by atoms with E-state index in [2.05, 4.69) is 31.5 Å². The molecule has 1 amide bonds. The van der Waals surface area contributed by atoms with Gasteiger partial charge in [0.25, 0.3) is 0 Å². The molecule has 1 saturated carbocycles. The van der Waals surface area contributed by atoms with Gasteiger partial charge in [-0.25, -0.2) is 19.4 Å². The van der Waals surface area contributed by atoms with Gasteiger partial charge in [-0.05, 0) is 50.4 Å². The van der Waals surface area contributed by atoms with E-state index < -0.39 is 0 Å². The first-order valence-corrected chi connectivity index (χ1v) is 14.6. The molecule has 2 saturated heterocycles. The number of aromatic nitrogens is 4. The van der Waals surface area contributed by atoms with Crippen LogP contribution in [-0.4, -0.2) is 81.5 Å². The van der Waals surface area contributed by atoms with Crippen LogP contribution in [0.5, 0.6) is 0 Å². The molecule has 4 heterocycles. The van der Waals surface area contributed by atoms with E-state index in [4.69, 9.17) is 15.6 Å². The smallest absolute Gasteiger partial charge is 0.415 e. The normalized spacial score (nSPS) is 24.2. The van der Waals surface area contributed by atoms with Gasteiger partial charge in [0.05, 0.1) is 18.0 Å². The first-order valence-electron chi connectivity index (χ1n) is 14.6. The molecule has 0 spiro atoms. The summed E-state index contributed by atoms with van der Waals surface area (Å²) < 4.78 is 7.74. The van der Waals surface area contributed by atoms with Crippen molar-refractivity contribution >= 4 is 28.6 Å². The minimum absolute atomic E-state index is 0.276. The summed E-state index contributed by atoms with van der Waals surface area (Å²) in [6.07, 6.45) is 5.36. The number of anilines is 2. The van der Waals surface area contributed by atoms with Crippen molar-refractivity contribution in [2.45, 2.75) is 43.9 Å². The monoisotopic (exact) mass is 552 g/mol. The highest BCUT2D eigenvalue weighted by Gasteiger charge is 2.34. The van der Waals surface area contributed by atoms with E-state index in [9.17, 15) is 4.79 Å². The van der Waals surface area contributed by atoms with Crippen molar-refractivity contribution in [1.29, 1.82) is 0 Å². The maximum Gasteiger partial charge on any atom is 0.415 e. The first kappa shape index (κ1) is 25.9. The molecule has 10 nitrogen and oxygen atoms in total. The third kappa shape index (κ3) is 4.91. The number of nitrogen functional groups attached to an aromatic ring is 1. The maximum absolute atomic E-state index is 12.7. The van der Waals surface area contributed by atoms with Crippen LogP contribution in [0.4, 0.5) is 16.3 Å². The van der Waals surface area contributed by atoms with Crippen LogP contribution >= 0.6 is 0 Å². The molecule has 2 aromatic carbocycles. The summed E-state index contributed by atoms with van der Waals surface area (Å²) in [6.45, 7) is 5.07. The number of nitrogens with zero attached hydrogens (tertiary/aromatic N) is 7. The second kappa shape index (κ2) is 10.8. The number of hydrogen-bond donors (Lipinski definition) is 1. The molecule has 7 rings (SSSR count). The highest BCUT2D eigenvalue weighted by atomic mass is 16.6. The number of nitrogens with two attached hydrogens (primary N) is 1. The molecule has 1 atom stereocenters. The number of piperazine rings is 1. The van der Waals surface area contributed by atoms with Gasteiger partial charge in [0.15, 0.2) is 5.65 Å². The van der Waals surface area contributed by atoms with Crippen LogP contribution in [-0.2, 0) is 4.74 Å². The molecule has 2 N–H and O–H groups in total. The predicted octanol–water partition coefficient (Wildman–Crippen LogP) is 4.50. The van der Waals surface area contributed by atoms with Crippen LogP contribution in [0, 0.1) is 0 Å².